The summed E-state index contributed by atoms with van der Waals surface area (Å²) in [6.45, 7) is 13.0. The summed E-state index contributed by atoms with van der Waals surface area (Å²) in [7, 11) is 0. The third kappa shape index (κ3) is 3.32. The fourth-order valence-corrected chi connectivity index (χ4v) is 7.18. The van der Waals surface area contributed by atoms with E-state index in [0.29, 0.717) is 0 Å². The highest BCUT2D eigenvalue weighted by Gasteiger charge is 2.56. The molecule has 4 N–H and O–H groups in total. The molecule has 6 nitrogen and oxygen atoms in total. The molecule has 0 aliphatic carbocycles. The highest BCUT2D eigenvalue weighted by molar-refractivity contribution is 5.54. The van der Waals surface area contributed by atoms with Crippen LogP contribution in [0.15, 0.2) is 48.5 Å². The number of hydrogen-bond donors (Lipinski definition) is 2. The van der Waals surface area contributed by atoms with Crippen LogP contribution in [0.2, 0.25) is 0 Å². The van der Waals surface area contributed by atoms with E-state index in [1.54, 1.807) is 0 Å². The molecule has 5 heterocycles. The molecule has 2 unspecified atom stereocenters. The average molecular weight is 435 g/mol. The molecule has 32 heavy (non-hydrogen) atoms. The molecule has 6 heteroatoms. The number of nitrogen functional groups attached to an aromatic ring is 2. The molecular weight excluding hydrogens is 396 g/mol. The van der Waals surface area contributed by atoms with Gasteiger partial charge in [-0.3, -0.25) is 0 Å². The number of quaternary nitrogens is 2. The minimum atomic E-state index is 0.796. The Labute approximate surface area is 192 Å². The van der Waals surface area contributed by atoms with Crippen LogP contribution in [0.25, 0.3) is 0 Å². The Morgan fingerprint density at radius 1 is 0.562 bits per heavy atom. The van der Waals surface area contributed by atoms with E-state index in [-0.39, 0.29) is 0 Å². The third-order valence-corrected chi connectivity index (χ3v) is 9.36. The van der Waals surface area contributed by atoms with Gasteiger partial charge in [0.1, 0.15) is 51.4 Å². The van der Waals surface area contributed by atoms with Crippen molar-refractivity contribution in [3.05, 3.63) is 48.5 Å². The van der Waals surface area contributed by atoms with E-state index in [9.17, 15) is 0 Å². The molecule has 0 radical (unpaired) electrons. The fraction of sp³-hybridized carbons (Fsp3) is 0.538. The average Bonchev–Trinajstić information content (AvgIpc) is 3.53. The Morgan fingerprint density at radius 2 is 0.906 bits per heavy atom. The van der Waals surface area contributed by atoms with Crippen molar-refractivity contribution in [1.82, 2.24) is 0 Å². The standard InChI is InChI=1S/C26H38N6/c27-21-1-5-23(6-2-21)29-11-9-25(19-29)31-13-16-32(17-14-31,18-15-31)26-10-12-30(20-26)24-7-3-22(28)4-8-24/h1-8,25-26H,9-20,27-28H2/q+2. The highest BCUT2D eigenvalue weighted by Crippen LogP contribution is 2.38. The first-order valence-electron chi connectivity index (χ1n) is 12.5. The maximum atomic E-state index is 5.90. The van der Waals surface area contributed by atoms with E-state index < -0.39 is 0 Å². The summed E-state index contributed by atoms with van der Waals surface area (Å²) in [4.78, 5) is 5.17. The predicted octanol–water partition coefficient (Wildman–Crippen LogP) is 2.37. The number of fused-ring (bicyclic) bond motifs is 3. The van der Waals surface area contributed by atoms with Crippen LogP contribution in [0.4, 0.5) is 22.7 Å². The van der Waals surface area contributed by atoms with Crippen molar-refractivity contribution in [3.8, 4) is 0 Å². The molecular formula is C26H38N6+2. The van der Waals surface area contributed by atoms with Gasteiger partial charge in [-0.05, 0) is 48.5 Å². The van der Waals surface area contributed by atoms with Crippen LogP contribution in [0.1, 0.15) is 12.8 Å². The van der Waals surface area contributed by atoms with E-state index >= 15 is 0 Å². The largest absolute Gasteiger partial charge is 0.399 e. The summed E-state index contributed by atoms with van der Waals surface area (Å²) in [5.41, 5.74) is 16.2. The quantitative estimate of drug-likeness (QED) is 0.573. The van der Waals surface area contributed by atoms with E-state index in [0.717, 1.165) is 23.5 Å². The van der Waals surface area contributed by atoms with Crippen molar-refractivity contribution in [1.29, 1.82) is 0 Å². The first-order chi connectivity index (χ1) is 15.6. The van der Waals surface area contributed by atoms with E-state index in [4.69, 9.17) is 11.5 Å². The van der Waals surface area contributed by atoms with Gasteiger partial charge < -0.3 is 30.2 Å². The van der Waals surface area contributed by atoms with Crippen molar-refractivity contribution >= 4 is 22.7 Å². The lowest BCUT2D eigenvalue weighted by Gasteiger charge is -2.59. The zero-order valence-electron chi connectivity index (χ0n) is 19.2. The van der Waals surface area contributed by atoms with Crippen LogP contribution in [0, 0.1) is 0 Å². The van der Waals surface area contributed by atoms with E-state index in [1.807, 2.05) is 24.3 Å². The van der Waals surface area contributed by atoms with Crippen LogP contribution in [0.5, 0.6) is 0 Å². The lowest BCUT2D eigenvalue weighted by Crippen LogP contribution is -2.79. The van der Waals surface area contributed by atoms with Crippen LogP contribution in [0.3, 0.4) is 0 Å². The van der Waals surface area contributed by atoms with Crippen LogP contribution in [-0.2, 0) is 0 Å². The zero-order valence-corrected chi connectivity index (χ0v) is 19.2. The van der Waals surface area contributed by atoms with Gasteiger partial charge in [0.05, 0.1) is 13.1 Å². The number of nitrogens with zero attached hydrogens (tertiary/aromatic N) is 4. The molecule has 5 aliphatic heterocycles. The van der Waals surface area contributed by atoms with Gasteiger partial charge in [-0.15, -0.1) is 0 Å². The van der Waals surface area contributed by atoms with Gasteiger partial charge in [-0.2, -0.15) is 0 Å². The third-order valence-electron chi connectivity index (χ3n) is 9.36. The van der Waals surface area contributed by atoms with Crippen molar-refractivity contribution in [3.63, 3.8) is 0 Å². The van der Waals surface area contributed by atoms with Gasteiger partial charge in [0.2, 0.25) is 0 Å². The van der Waals surface area contributed by atoms with Crippen LogP contribution >= 0.6 is 0 Å². The second-order valence-corrected chi connectivity index (χ2v) is 10.7. The number of hydrogen-bond acceptors (Lipinski definition) is 4. The monoisotopic (exact) mass is 434 g/mol. The topological polar surface area (TPSA) is 58.5 Å². The molecule has 5 fully saturated rings. The zero-order chi connectivity index (χ0) is 21.8. The first kappa shape index (κ1) is 20.2. The summed E-state index contributed by atoms with van der Waals surface area (Å²) in [5.74, 6) is 0. The maximum Gasteiger partial charge on any atom is 0.129 e. The Bertz CT molecular complexity index is 851. The molecule has 5 saturated heterocycles. The van der Waals surface area contributed by atoms with Crippen molar-refractivity contribution < 1.29 is 8.97 Å². The van der Waals surface area contributed by atoms with Gasteiger partial charge in [-0.25, -0.2) is 0 Å². The summed E-state index contributed by atoms with van der Waals surface area (Å²) in [6, 6.07) is 18.5. The highest BCUT2D eigenvalue weighted by atomic mass is 15.6. The van der Waals surface area contributed by atoms with E-state index in [1.165, 1.54) is 98.6 Å². The maximum absolute atomic E-state index is 5.90. The fourth-order valence-electron chi connectivity index (χ4n) is 7.18. The van der Waals surface area contributed by atoms with E-state index in [2.05, 4.69) is 34.1 Å². The van der Waals surface area contributed by atoms with Crippen molar-refractivity contribution in [2.75, 3.05) is 86.7 Å². The number of anilines is 4. The van der Waals surface area contributed by atoms with Gasteiger partial charge >= 0.3 is 0 Å². The van der Waals surface area contributed by atoms with Crippen LogP contribution < -0.4 is 21.3 Å². The molecule has 0 saturated carbocycles. The molecule has 170 valence electrons. The predicted molar refractivity (Wildman–Crippen MR) is 133 cm³/mol. The summed E-state index contributed by atoms with van der Waals surface area (Å²) < 4.78 is 2.75. The Morgan fingerprint density at radius 3 is 1.25 bits per heavy atom. The number of rotatable bonds is 4. The lowest BCUT2D eigenvalue weighted by atomic mass is 9.98. The number of piperazine rings is 3. The molecule has 7 rings (SSSR count). The second-order valence-electron chi connectivity index (χ2n) is 10.7. The molecule has 0 amide bonds. The number of nitrogens with two attached hydrogens (primary N) is 2. The molecule has 5 aliphatic rings. The first-order valence-corrected chi connectivity index (χ1v) is 12.5. The second kappa shape index (κ2) is 7.56. The summed E-state index contributed by atoms with van der Waals surface area (Å²) in [5, 5.41) is 0. The molecule has 2 aromatic rings. The molecule has 2 aromatic carbocycles. The lowest BCUT2D eigenvalue weighted by molar-refractivity contribution is -1.10. The van der Waals surface area contributed by atoms with Crippen LogP contribution in [-0.4, -0.2) is 86.5 Å². The molecule has 2 bridgehead atoms. The Kier molecular flexibility index (Phi) is 4.77. The number of benzene rings is 2. The van der Waals surface area contributed by atoms with Gasteiger partial charge in [-0.1, -0.05) is 0 Å². The normalized spacial score (nSPS) is 34.4. The minimum Gasteiger partial charge on any atom is -0.399 e. The molecule has 0 aromatic heterocycles. The van der Waals surface area contributed by atoms with Gasteiger partial charge in [0, 0.05) is 48.7 Å². The Balaban J connectivity index is 1.10. The molecule has 0 spiro atoms. The van der Waals surface area contributed by atoms with Crippen molar-refractivity contribution in [2.45, 2.75) is 24.9 Å². The Hall–Kier alpha value is -2.44. The SMILES string of the molecule is Nc1ccc(N2CCC([N+]34CC[N+](C5CCN(c6ccc(N)cc6)C5)(CC3)CC4)C2)cc1. The summed E-state index contributed by atoms with van der Waals surface area (Å²) >= 11 is 0. The van der Waals surface area contributed by atoms with Gasteiger partial charge in [0.15, 0.2) is 0 Å². The van der Waals surface area contributed by atoms with Crippen molar-refractivity contribution in [2.24, 2.45) is 0 Å². The molecule has 2 atom stereocenters. The smallest absolute Gasteiger partial charge is 0.129 e. The minimum absolute atomic E-state index is 0.796. The summed E-state index contributed by atoms with van der Waals surface area (Å²) in [6.07, 6.45) is 2.66. The van der Waals surface area contributed by atoms with Gasteiger partial charge in [0.25, 0.3) is 0 Å².